The van der Waals surface area contributed by atoms with Gasteiger partial charge in [-0.25, -0.2) is 4.98 Å². The van der Waals surface area contributed by atoms with Gasteiger partial charge in [-0.3, -0.25) is 0 Å². The van der Waals surface area contributed by atoms with Crippen LogP contribution in [-0.2, 0) is 0 Å². The first kappa shape index (κ1) is 11.5. The molecule has 0 saturated heterocycles. The fourth-order valence-corrected chi connectivity index (χ4v) is 1.06. The Bertz CT molecular complexity index is 316. The average Bonchev–Trinajstić information content (AvgIpc) is 2.30. The van der Waals surface area contributed by atoms with Crippen LogP contribution in [0, 0.1) is 11.3 Å². The summed E-state index contributed by atoms with van der Waals surface area (Å²) in [5, 5.41) is 11.8. The first-order valence-corrected chi connectivity index (χ1v) is 5.06. The lowest BCUT2D eigenvalue weighted by Crippen LogP contribution is -2.21. The van der Waals surface area contributed by atoms with Crippen molar-refractivity contribution in [3.05, 3.63) is 23.9 Å². The van der Waals surface area contributed by atoms with E-state index in [-0.39, 0.29) is 0 Å². The summed E-state index contributed by atoms with van der Waals surface area (Å²) in [4.78, 5) is 3.99. The van der Waals surface area contributed by atoms with E-state index >= 15 is 0 Å². The van der Waals surface area contributed by atoms with E-state index in [1.165, 1.54) is 6.20 Å². The lowest BCUT2D eigenvalue weighted by molar-refractivity contribution is 0.302. The van der Waals surface area contributed by atoms with Crippen molar-refractivity contribution in [1.82, 2.24) is 10.3 Å². The van der Waals surface area contributed by atoms with Gasteiger partial charge in [0.15, 0.2) is 0 Å². The third-order valence-electron chi connectivity index (χ3n) is 1.82. The summed E-state index contributed by atoms with van der Waals surface area (Å²) in [6, 6.07) is 5.41. The molecule has 1 rings (SSSR count). The molecule has 1 aromatic heterocycles. The molecule has 0 amide bonds. The van der Waals surface area contributed by atoms with Gasteiger partial charge in [0.25, 0.3) is 0 Å². The normalized spacial score (nSPS) is 9.60. The van der Waals surface area contributed by atoms with Crippen molar-refractivity contribution in [3.63, 3.8) is 0 Å². The fourth-order valence-electron chi connectivity index (χ4n) is 1.06. The number of nitrogens with zero attached hydrogens (tertiary/aromatic N) is 2. The standard InChI is InChI=1S/C11H15N3O/c1-2-5-13-6-7-15-11-4-3-10(8-12)9-14-11/h3-4,9,13H,2,5-7H2,1H3. The van der Waals surface area contributed by atoms with E-state index in [4.69, 9.17) is 10.00 Å². The van der Waals surface area contributed by atoms with Gasteiger partial charge < -0.3 is 10.1 Å². The van der Waals surface area contributed by atoms with Crippen LogP contribution in [0.4, 0.5) is 0 Å². The molecule has 0 atom stereocenters. The molecule has 1 heterocycles. The first-order valence-electron chi connectivity index (χ1n) is 5.06. The molecule has 0 aromatic carbocycles. The topological polar surface area (TPSA) is 57.9 Å². The molecule has 0 unspecified atom stereocenters. The third-order valence-corrected chi connectivity index (χ3v) is 1.82. The van der Waals surface area contributed by atoms with Crippen molar-refractivity contribution in [2.75, 3.05) is 19.7 Å². The molecule has 15 heavy (non-hydrogen) atoms. The van der Waals surface area contributed by atoms with Crippen molar-refractivity contribution in [2.24, 2.45) is 0 Å². The second-order valence-electron chi connectivity index (χ2n) is 3.10. The summed E-state index contributed by atoms with van der Waals surface area (Å²) in [5.74, 6) is 0.562. The minimum absolute atomic E-state index is 0.548. The van der Waals surface area contributed by atoms with Gasteiger partial charge >= 0.3 is 0 Å². The number of hydrogen-bond donors (Lipinski definition) is 1. The highest BCUT2D eigenvalue weighted by atomic mass is 16.5. The Morgan fingerprint density at radius 1 is 1.47 bits per heavy atom. The van der Waals surface area contributed by atoms with Gasteiger partial charge in [-0.15, -0.1) is 0 Å². The number of rotatable bonds is 6. The molecular weight excluding hydrogens is 190 g/mol. The number of ether oxygens (including phenoxy) is 1. The molecular formula is C11H15N3O. The highest BCUT2D eigenvalue weighted by Crippen LogP contribution is 2.05. The van der Waals surface area contributed by atoms with Crippen molar-refractivity contribution >= 4 is 0 Å². The second-order valence-corrected chi connectivity index (χ2v) is 3.10. The van der Waals surface area contributed by atoms with Crippen LogP contribution in [0.15, 0.2) is 18.3 Å². The zero-order valence-electron chi connectivity index (χ0n) is 8.86. The molecule has 1 aromatic rings. The summed E-state index contributed by atoms with van der Waals surface area (Å²) in [6.45, 7) is 4.54. The molecule has 4 heteroatoms. The maximum atomic E-state index is 8.56. The second kappa shape index (κ2) is 6.80. The Morgan fingerprint density at radius 3 is 2.93 bits per heavy atom. The third kappa shape index (κ3) is 4.43. The van der Waals surface area contributed by atoms with Crippen LogP contribution >= 0.6 is 0 Å². The zero-order valence-corrected chi connectivity index (χ0v) is 8.86. The average molecular weight is 205 g/mol. The Hall–Kier alpha value is -1.60. The summed E-state index contributed by atoms with van der Waals surface area (Å²) in [5.41, 5.74) is 0.548. The van der Waals surface area contributed by atoms with E-state index in [0.29, 0.717) is 18.1 Å². The molecule has 0 bridgehead atoms. The number of nitrogens with one attached hydrogen (secondary N) is 1. The van der Waals surface area contributed by atoms with E-state index in [1.54, 1.807) is 12.1 Å². The smallest absolute Gasteiger partial charge is 0.213 e. The lowest BCUT2D eigenvalue weighted by Gasteiger charge is -2.05. The molecule has 0 aliphatic carbocycles. The van der Waals surface area contributed by atoms with Gasteiger partial charge in [0.1, 0.15) is 12.7 Å². The van der Waals surface area contributed by atoms with Gasteiger partial charge in [0.2, 0.25) is 5.88 Å². The Morgan fingerprint density at radius 2 is 2.33 bits per heavy atom. The molecule has 0 fully saturated rings. The summed E-state index contributed by atoms with van der Waals surface area (Å²) in [6.07, 6.45) is 2.63. The predicted molar refractivity (Wildman–Crippen MR) is 57.6 cm³/mol. The molecule has 0 saturated carbocycles. The molecule has 0 aliphatic rings. The van der Waals surface area contributed by atoms with E-state index < -0.39 is 0 Å². The minimum atomic E-state index is 0.548. The Balaban J connectivity index is 2.23. The van der Waals surface area contributed by atoms with Crippen LogP contribution in [0.2, 0.25) is 0 Å². The van der Waals surface area contributed by atoms with Crippen molar-refractivity contribution in [2.45, 2.75) is 13.3 Å². The maximum absolute atomic E-state index is 8.56. The molecule has 4 nitrogen and oxygen atoms in total. The monoisotopic (exact) mass is 205 g/mol. The molecule has 1 N–H and O–H groups in total. The summed E-state index contributed by atoms with van der Waals surface area (Å²) >= 11 is 0. The molecule has 0 radical (unpaired) electrons. The Labute approximate surface area is 89.9 Å². The van der Waals surface area contributed by atoms with Gasteiger partial charge in [-0.05, 0) is 19.0 Å². The van der Waals surface area contributed by atoms with Crippen LogP contribution in [0.5, 0.6) is 5.88 Å². The zero-order chi connectivity index (χ0) is 10.9. The fraction of sp³-hybridized carbons (Fsp3) is 0.455. The summed E-state index contributed by atoms with van der Waals surface area (Å²) < 4.78 is 5.37. The molecule has 0 aliphatic heterocycles. The van der Waals surface area contributed by atoms with Crippen LogP contribution in [0.25, 0.3) is 0 Å². The van der Waals surface area contributed by atoms with Crippen molar-refractivity contribution in [3.8, 4) is 11.9 Å². The van der Waals surface area contributed by atoms with Gasteiger partial charge in [0, 0.05) is 18.8 Å². The maximum Gasteiger partial charge on any atom is 0.213 e. The first-order chi connectivity index (χ1) is 7.36. The predicted octanol–water partition coefficient (Wildman–Crippen LogP) is 1.33. The van der Waals surface area contributed by atoms with E-state index in [9.17, 15) is 0 Å². The van der Waals surface area contributed by atoms with Crippen LogP contribution < -0.4 is 10.1 Å². The van der Waals surface area contributed by atoms with Crippen molar-refractivity contribution < 1.29 is 4.74 Å². The number of aromatic nitrogens is 1. The van der Waals surface area contributed by atoms with E-state index in [2.05, 4.69) is 17.2 Å². The van der Waals surface area contributed by atoms with Gasteiger partial charge in [0.05, 0.1) is 5.56 Å². The summed E-state index contributed by atoms with van der Waals surface area (Å²) in [7, 11) is 0. The minimum Gasteiger partial charge on any atom is -0.476 e. The van der Waals surface area contributed by atoms with Crippen LogP contribution in [0.1, 0.15) is 18.9 Å². The molecule has 0 spiro atoms. The molecule has 80 valence electrons. The van der Waals surface area contributed by atoms with Crippen molar-refractivity contribution in [1.29, 1.82) is 5.26 Å². The van der Waals surface area contributed by atoms with Crippen LogP contribution in [0.3, 0.4) is 0 Å². The van der Waals surface area contributed by atoms with Gasteiger partial charge in [-0.2, -0.15) is 5.26 Å². The quantitative estimate of drug-likeness (QED) is 0.712. The van der Waals surface area contributed by atoms with E-state index in [1.807, 2.05) is 6.07 Å². The SMILES string of the molecule is CCCNCCOc1ccc(C#N)cn1. The van der Waals surface area contributed by atoms with Gasteiger partial charge in [-0.1, -0.05) is 6.92 Å². The lowest BCUT2D eigenvalue weighted by atomic mass is 10.3. The number of nitriles is 1. The number of hydrogen-bond acceptors (Lipinski definition) is 4. The van der Waals surface area contributed by atoms with E-state index in [0.717, 1.165) is 19.5 Å². The van der Waals surface area contributed by atoms with Crippen LogP contribution in [-0.4, -0.2) is 24.7 Å². The highest BCUT2D eigenvalue weighted by molar-refractivity contribution is 5.28. The number of pyridine rings is 1. The Kier molecular flexibility index (Phi) is 5.20. The highest BCUT2D eigenvalue weighted by Gasteiger charge is 1.95. The largest absolute Gasteiger partial charge is 0.476 e.